The summed E-state index contributed by atoms with van der Waals surface area (Å²) < 4.78 is 50.5. The second-order valence-electron chi connectivity index (χ2n) is 4.93. The van der Waals surface area contributed by atoms with Crippen molar-refractivity contribution in [2.45, 2.75) is 26.0 Å². The Morgan fingerprint density at radius 1 is 1.13 bits per heavy atom. The highest BCUT2D eigenvalue weighted by Gasteiger charge is 2.39. The summed E-state index contributed by atoms with van der Waals surface area (Å²) in [7, 11) is 0. The summed E-state index contributed by atoms with van der Waals surface area (Å²) in [5, 5.41) is 2.41. The third-order valence-electron chi connectivity index (χ3n) is 2.60. The van der Waals surface area contributed by atoms with Gasteiger partial charge in [-0.1, -0.05) is 12.1 Å². The highest BCUT2D eigenvalue weighted by molar-refractivity contribution is 6.15. The lowest BCUT2D eigenvalue weighted by Gasteiger charge is -2.29. The number of ether oxygens (including phenoxy) is 3. The van der Waals surface area contributed by atoms with Crippen molar-refractivity contribution in [2.75, 3.05) is 5.32 Å². The molecule has 0 spiro atoms. The zero-order valence-electron chi connectivity index (χ0n) is 12.1. The number of nitrogens with one attached hydrogen (secondary N) is 1. The van der Waals surface area contributed by atoms with E-state index in [2.05, 4.69) is 10.1 Å². The van der Waals surface area contributed by atoms with Crippen LogP contribution in [0, 0.1) is 0 Å². The smallest absolute Gasteiger partial charge is 0.419 e. The highest BCUT2D eigenvalue weighted by Crippen LogP contribution is 2.30. The Hall–Kier alpha value is -2.71. The third-order valence-corrected chi connectivity index (χ3v) is 2.60. The van der Waals surface area contributed by atoms with E-state index in [-0.39, 0.29) is 5.69 Å². The van der Waals surface area contributed by atoms with E-state index in [1.807, 2.05) is 0 Å². The Bertz CT molecular complexity index is 645. The van der Waals surface area contributed by atoms with Gasteiger partial charge in [-0.25, -0.2) is 9.59 Å². The van der Waals surface area contributed by atoms with Crippen molar-refractivity contribution >= 4 is 17.6 Å². The summed E-state index contributed by atoms with van der Waals surface area (Å²) in [6.07, 6.45) is -3.98. The zero-order chi connectivity index (χ0) is 17.3. The monoisotopic (exact) mass is 331 g/mol. The van der Waals surface area contributed by atoms with Crippen LogP contribution in [0.3, 0.4) is 0 Å². The fourth-order valence-electron chi connectivity index (χ4n) is 1.73. The molecule has 6 nitrogen and oxygen atoms in total. The van der Waals surface area contributed by atoms with Crippen LogP contribution in [0.1, 0.15) is 13.8 Å². The lowest BCUT2D eigenvalue weighted by Crippen LogP contribution is -2.42. The van der Waals surface area contributed by atoms with Gasteiger partial charge in [0, 0.05) is 20.0 Å². The summed E-state index contributed by atoms with van der Waals surface area (Å²) in [5.41, 5.74) is -0.575. The molecule has 0 saturated carbocycles. The number of hydrogen-bond donors (Lipinski definition) is 1. The van der Waals surface area contributed by atoms with Gasteiger partial charge in [0.2, 0.25) is 0 Å². The molecular formula is C14H12F3NO5. The standard InChI is InChI=1S/C14H12F3NO5/c1-13(2)22-11(19)8(12(20)23-13)7-18-9-5-3-4-6-10(9)21-14(15,16)17/h3-7,18H,1-2H3. The van der Waals surface area contributed by atoms with Crippen LogP contribution >= 0.6 is 0 Å². The first kappa shape index (κ1) is 16.7. The molecule has 9 heteroatoms. The van der Waals surface area contributed by atoms with Crippen molar-refractivity contribution in [2.24, 2.45) is 0 Å². The molecule has 0 aliphatic carbocycles. The number of para-hydroxylation sites is 2. The van der Waals surface area contributed by atoms with Gasteiger partial charge in [-0.05, 0) is 12.1 Å². The minimum atomic E-state index is -4.88. The van der Waals surface area contributed by atoms with Gasteiger partial charge in [0.25, 0.3) is 5.79 Å². The number of benzene rings is 1. The van der Waals surface area contributed by atoms with Gasteiger partial charge < -0.3 is 19.5 Å². The Morgan fingerprint density at radius 3 is 2.26 bits per heavy atom. The minimum Gasteiger partial charge on any atom is -0.419 e. The molecule has 1 aromatic carbocycles. The van der Waals surface area contributed by atoms with Gasteiger partial charge in [-0.3, -0.25) is 0 Å². The predicted molar refractivity (Wildman–Crippen MR) is 71.1 cm³/mol. The van der Waals surface area contributed by atoms with Gasteiger partial charge >= 0.3 is 18.3 Å². The number of hydrogen-bond acceptors (Lipinski definition) is 6. The fraction of sp³-hybridized carbons (Fsp3) is 0.286. The number of esters is 2. The normalized spacial score (nSPS) is 17.2. The van der Waals surface area contributed by atoms with Crippen LogP contribution in [0.15, 0.2) is 36.0 Å². The number of halogens is 3. The Labute approximate surface area is 128 Å². The largest absolute Gasteiger partial charge is 0.573 e. The molecule has 2 rings (SSSR count). The predicted octanol–water partition coefficient (Wildman–Crippen LogP) is 2.72. The van der Waals surface area contributed by atoms with E-state index in [0.29, 0.717) is 0 Å². The first-order chi connectivity index (χ1) is 10.6. The topological polar surface area (TPSA) is 73.9 Å². The van der Waals surface area contributed by atoms with E-state index in [9.17, 15) is 22.8 Å². The number of carbonyl (C=O) groups is 2. The quantitative estimate of drug-likeness (QED) is 0.521. The Balaban J connectivity index is 2.20. The molecule has 0 atom stereocenters. The molecule has 0 radical (unpaired) electrons. The van der Waals surface area contributed by atoms with Gasteiger partial charge in [-0.2, -0.15) is 0 Å². The summed E-state index contributed by atoms with van der Waals surface area (Å²) >= 11 is 0. The molecule has 1 fully saturated rings. The number of rotatable bonds is 3. The average molecular weight is 331 g/mol. The molecule has 1 N–H and O–H groups in total. The number of carbonyl (C=O) groups excluding carboxylic acids is 2. The number of alkyl halides is 3. The maximum absolute atomic E-state index is 12.3. The Morgan fingerprint density at radius 2 is 1.70 bits per heavy atom. The minimum absolute atomic E-state index is 0.0947. The van der Waals surface area contributed by atoms with Crippen molar-refractivity contribution in [3.63, 3.8) is 0 Å². The maximum Gasteiger partial charge on any atom is 0.573 e. The van der Waals surface area contributed by atoms with Crippen molar-refractivity contribution in [1.29, 1.82) is 0 Å². The van der Waals surface area contributed by atoms with Crippen LogP contribution in [0.25, 0.3) is 0 Å². The third kappa shape index (κ3) is 4.38. The lowest BCUT2D eigenvalue weighted by atomic mass is 10.2. The van der Waals surface area contributed by atoms with E-state index < -0.39 is 35.4 Å². The van der Waals surface area contributed by atoms with Gasteiger partial charge in [0.15, 0.2) is 11.3 Å². The first-order valence-corrected chi connectivity index (χ1v) is 6.35. The SMILES string of the molecule is CC1(C)OC(=O)C(=CNc2ccccc2OC(F)(F)F)C(=O)O1. The van der Waals surface area contributed by atoms with E-state index in [1.165, 1.54) is 32.0 Å². The molecule has 0 amide bonds. The maximum atomic E-state index is 12.3. The molecule has 1 saturated heterocycles. The van der Waals surface area contributed by atoms with E-state index in [0.717, 1.165) is 12.3 Å². The lowest BCUT2D eigenvalue weighted by molar-refractivity contribution is -0.274. The molecule has 124 valence electrons. The van der Waals surface area contributed by atoms with E-state index in [4.69, 9.17) is 9.47 Å². The molecule has 0 aromatic heterocycles. The molecule has 1 aromatic rings. The van der Waals surface area contributed by atoms with Crippen LogP contribution in [0.5, 0.6) is 5.75 Å². The average Bonchev–Trinajstić information content (AvgIpc) is 2.36. The van der Waals surface area contributed by atoms with Crippen LogP contribution < -0.4 is 10.1 Å². The molecular weight excluding hydrogens is 319 g/mol. The highest BCUT2D eigenvalue weighted by atomic mass is 19.4. The molecule has 1 aliphatic rings. The molecule has 0 bridgehead atoms. The number of anilines is 1. The summed E-state index contributed by atoms with van der Waals surface area (Å²) in [6, 6.07) is 5.15. The van der Waals surface area contributed by atoms with Crippen LogP contribution in [-0.2, 0) is 19.1 Å². The molecule has 1 heterocycles. The van der Waals surface area contributed by atoms with Gasteiger partial charge in [-0.15, -0.1) is 13.2 Å². The second kappa shape index (κ2) is 5.82. The van der Waals surface area contributed by atoms with Crippen molar-refractivity contribution < 1.29 is 37.0 Å². The zero-order valence-corrected chi connectivity index (χ0v) is 12.1. The molecule has 0 unspecified atom stereocenters. The first-order valence-electron chi connectivity index (χ1n) is 6.35. The molecule has 1 aliphatic heterocycles. The van der Waals surface area contributed by atoms with Gasteiger partial charge in [0.1, 0.15) is 0 Å². The summed E-state index contributed by atoms with van der Waals surface area (Å²) in [6.45, 7) is 2.75. The molecule has 23 heavy (non-hydrogen) atoms. The van der Waals surface area contributed by atoms with E-state index in [1.54, 1.807) is 0 Å². The van der Waals surface area contributed by atoms with Crippen LogP contribution in [0.4, 0.5) is 18.9 Å². The van der Waals surface area contributed by atoms with Crippen molar-refractivity contribution in [1.82, 2.24) is 0 Å². The number of cyclic esters (lactones) is 2. The summed E-state index contributed by atoms with van der Waals surface area (Å²) in [5.74, 6) is -3.82. The van der Waals surface area contributed by atoms with Crippen LogP contribution in [0.2, 0.25) is 0 Å². The second-order valence-corrected chi connectivity index (χ2v) is 4.93. The fourth-order valence-corrected chi connectivity index (χ4v) is 1.73. The Kier molecular flexibility index (Phi) is 4.22. The van der Waals surface area contributed by atoms with Crippen molar-refractivity contribution in [3.8, 4) is 5.75 Å². The van der Waals surface area contributed by atoms with Gasteiger partial charge in [0.05, 0.1) is 5.69 Å². The van der Waals surface area contributed by atoms with E-state index >= 15 is 0 Å². The summed E-state index contributed by atoms with van der Waals surface area (Å²) in [4.78, 5) is 23.4. The van der Waals surface area contributed by atoms with Crippen molar-refractivity contribution in [3.05, 3.63) is 36.0 Å². The van der Waals surface area contributed by atoms with Crippen LogP contribution in [-0.4, -0.2) is 24.1 Å².